The summed E-state index contributed by atoms with van der Waals surface area (Å²) in [5, 5.41) is 0. The zero-order chi connectivity index (χ0) is 14.8. The largest absolute Gasteiger partial charge is 0.534 e. The molecular weight excluding hydrogens is 281 g/mol. The number of halogens is 3. The minimum absolute atomic E-state index is 0.209. The van der Waals surface area contributed by atoms with Crippen molar-refractivity contribution in [2.75, 3.05) is 0 Å². The summed E-state index contributed by atoms with van der Waals surface area (Å²) >= 11 is 0. The standard InChI is InChI=1S/C12H15F3O3S/c1-4-9-6-7-10(5-2)11(8(9)3)18-19(16,17)12(13,14)15/h6-7H,4-5H2,1-3H3. The highest BCUT2D eigenvalue weighted by Gasteiger charge is 2.49. The molecule has 0 bridgehead atoms. The molecular formula is C12H15F3O3S. The molecule has 1 aromatic carbocycles. The number of hydrogen-bond donors (Lipinski definition) is 0. The molecule has 0 unspecified atom stereocenters. The van der Waals surface area contributed by atoms with Gasteiger partial charge < -0.3 is 4.18 Å². The number of rotatable bonds is 4. The van der Waals surface area contributed by atoms with Crippen LogP contribution in [0.5, 0.6) is 5.75 Å². The summed E-state index contributed by atoms with van der Waals surface area (Å²) < 4.78 is 63.6. The molecule has 0 heterocycles. The van der Waals surface area contributed by atoms with Crippen LogP contribution in [0.2, 0.25) is 0 Å². The van der Waals surface area contributed by atoms with Crippen LogP contribution in [0.25, 0.3) is 0 Å². The van der Waals surface area contributed by atoms with Crippen molar-refractivity contribution in [2.24, 2.45) is 0 Å². The Bertz CT molecular complexity index is 562. The van der Waals surface area contributed by atoms with Crippen molar-refractivity contribution in [1.29, 1.82) is 0 Å². The smallest absolute Gasteiger partial charge is 0.375 e. The highest BCUT2D eigenvalue weighted by atomic mass is 32.2. The van der Waals surface area contributed by atoms with Gasteiger partial charge in [0.1, 0.15) is 5.75 Å². The second-order valence-corrected chi connectivity index (χ2v) is 5.57. The third kappa shape index (κ3) is 3.20. The van der Waals surface area contributed by atoms with Gasteiger partial charge in [-0.3, -0.25) is 0 Å². The van der Waals surface area contributed by atoms with Crippen molar-refractivity contribution >= 4 is 10.1 Å². The Kier molecular flexibility index (Phi) is 4.50. The summed E-state index contributed by atoms with van der Waals surface area (Å²) in [4.78, 5) is 0. The van der Waals surface area contributed by atoms with Gasteiger partial charge in [-0.15, -0.1) is 0 Å². The van der Waals surface area contributed by atoms with Crippen LogP contribution >= 0.6 is 0 Å². The normalized spacial score (nSPS) is 12.5. The van der Waals surface area contributed by atoms with Crippen molar-refractivity contribution in [1.82, 2.24) is 0 Å². The fraction of sp³-hybridized carbons (Fsp3) is 0.500. The van der Waals surface area contributed by atoms with Gasteiger partial charge in [0.2, 0.25) is 0 Å². The fourth-order valence-corrected chi connectivity index (χ4v) is 2.27. The van der Waals surface area contributed by atoms with Gasteiger partial charge in [0.15, 0.2) is 0 Å². The van der Waals surface area contributed by atoms with E-state index < -0.39 is 15.6 Å². The first kappa shape index (κ1) is 15.8. The van der Waals surface area contributed by atoms with Crippen LogP contribution in [0.15, 0.2) is 12.1 Å². The Hall–Kier alpha value is -1.24. The lowest BCUT2D eigenvalue weighted by molar-refractivity contribution is -0.0500. The molecule has 0 saturated carbocycles. The van der Waals surface area contributed by atoms with Gasteiger partial charge in [-0.1, -0.05) is 26.0 Å². The van der Waals surface area contributed by atoms with Crippen molar-refractivity contribution in [3.63, 3.8) is 0 Å². The lowest BCUT2D eigenvalue weighted by Crippen LogP contribution is -2.28. The monoisotopic (exact) mass is 296 g/mol. The Balaban J connectivity index is 3.35. The van der Waals surface area contributed by atoms with E-state index in [1.807, 2.05) is 6.92 Å². The van der Waals surface area contributed by atoms with Crippen LogP contribution in [0, 0.1) is 6.92 Å². The minimum Gasteiger partial charge on any atom is -0.375 e. The zero-order valence-electron chi connectivity index (χ0n) is 10.8. The Morgan fingerprint density at radius 3 is 2.00 bits per heavy atom. The molecule has 0 aliphatic heterocycles. The quantitative estimate of drug-likeness (QED) is 0.632. The van der Waals surface area contributed by atoms with Crippen LogP contribution in [0.3, 0.4) is 0 Å². The van der Waals surface area contributed by atoms with E-state index in [2.05, 4.69) is 4.18 Å². The number of benzene rings is 1. The molecule has 108 valence electrons. The predicted octanol–water partition coefficient (Wildman–Crippen LogP) is 3.35. The molecule has 1 aromatic rings. The van der Waals surface area contributed by atoms with Crippen molar-refractivity contribution < 1.29 is 25.8 Å². The maximum Gasteiger partial charge on any atom is 0.534 e. The van der Waals surface area contributed by atoms with Crippen LogP contribution in [-0.2, 0) is 23.0 Å². The highest BCUT2D eigenvalue weighted by molar-refractivity contribution is 7.88. The molecule has 0 aliphatic rings. The van der Waals surface area contributed by atoms with E-state index in [1.165, 1.54) is 0 Å². The molecule has 0 spiro atoms. The number of aryl methyl sites for hydroxylation is 2. The van der Waals surface area contributed by atoms with E-state index in [0.29, 0.717) is 24.0 Å². The lowest BCUT2D eigenvalue weighted by Gasteiger charge is -2.16. The van der Waals surface area contributed by atoms with Gasteiger partial charge in [0.05, 0.1) is 0 Å². The Morgan fingerprint density at radius 2 is 1.58 bits per heavy atom. The first-order valence-corrected chi connectivity index (χ1v) is 7.17. The second kappa shape index (κ2) is 5.40. The van der Waals surface area contributed by atoms with E-state index in [-0.39, 0.29) is 5.75 Å². The first-order valence-electron chi connectivity index (χ1n) is 5.76. The molecule has 0 N–H and O–H groups in total. The number of hydrogen-bond acceptors (Lipinski definition) is 3. The highest BCUT2D eigenvalue weighted by Crippen LogP contribution is 2.33. The van der Waals surface area contributed by atoms with Gasteiger partial charge in [0, 0.05) is 0 Å². The van der Waals surface area contributed by atoms with Crippen molar-refractivity contribution in [2.45, 2.75) is 39.1 Å². The molecule has 0 saturated heterocycles. The SMILES string of the molecule is CCc1ccc(CC)c(OS(=O)(=O)C(F)(F)F)c1C. The van der Waals surface area contributed by atoms with Crippen LogP contribution < -0.4 is 4.18 Å². The topological polar surface area (TPSA) is 43.4 Å². The molecule has 0 aliphatic carbocycles. The van der Waals surface area contributed by atoms with E-state index in [0.717, 1.165) is 5.56 Å². The average molecular weight is 296 g/mol. The molecule has 0 atom stereocenters. The summed E-state index contributed by atoms with van der Waals surface area (Å²) in [5.41, 5.74) is -3.81. The second-order valence-electron chi connectivity index (χ2n) is 4.03. The third-order valence-electron chi connectivity index (χ3n) is 2.84. The summed E-state index contributed by atoms with van der Waals surface area (Å²) in [7, 11) is -5.63. The van der Waals surface area contributed by atoms with Gasteiger partial charge >= 0.3 is 15.6 Å². The van der Waals surface area contributed by atoms with Crippen molar-refractivity contribution in [3.05, 3.63) is 28.8 Å². The lowest BCUT2D eigenvalue weighted by atomic mass is 10.0. The van der Waals surface area contributed by atoms with E-state index in [1.54, 1.807) is 26.0 Å². The summed E-state index contributed by atoms with van der Waals surface area (Å²) in [6.45, 7) is 5.10. The molecule has 0 radical (unpaired) electrons. The van der Waals surface area contributed by atoms with Crippen LogP contribution in [0.1, 0.15) is 30.5 Å². The first-order chi connectivity index (χ1) is 8.64. The van der Waals surface area contributed by atoms with Gasteiger partial charge in [-0.05, 0) is 36.5 Å². The summed E-state index contributed by atoms with van der Waals surface area (Å²) in [6, 6.07) is 3.36. The fourth-order valence-electron chi connectivity index (χ4n) is 1.72. The van der Waals surface area contributed by atoms with Crippen LogP contribution in [0.4, 0.5) is 13.2 Å². The van der Waals surface area contributed by atoms with Gasteiger partial charge in [-0.25, -0.2) is 0 Å². The van der Waals surface area contributed by atoms with Crippen LogP contribution in [-0.4, -0.2) is 13.9 Å². The molecule has 1 rings (SSSR count). The van der Waals surface area contributed by atoms with E-state index in [4.69, 9.17) is 0 Å². The number of alkyl halides is 3. The third-order valence-corrected chi connectivity index (χ3v) is 3.79. The Labute approximate surface area is 110 Å². The molecule has 0 amide bonds. The molecule has 3 nitrogen and oxygen atoms in total. The summed E-state index contributed by atoms with van der Waals surface area (Å²) in [5.74, 6) is -0.209. The van der Waals surface area contributed by atoms with Gasteiger partial charge in [-0.2, -0.15) is 21.6 Å². The minimum atomic E-state index is -5.63. The van der Waals surface area contributed by atoms with Gasteiger partial charge in [0.25, 0.3) is 0 Å². The van der Waals surface area contributed by atoms with Crippen molar-refractivity contribution in [3.8, 4) is 5.75 Å². The predicted molar refractivity (Wildman–Crippen MR) is 65.5 cm³/mol. The molecule has 0 fully saturated rings. The average Bonchev–Trinajstić information content (AvgIpc) is 2.30. The maximum atomic E-state index is 12.4. The Morgan fingerprint density at radius 1 is 1.11 bits per heavy atom. The molecule has 7 heteroatoms. The van der Waals surface area contributed by atoms with E-state index in [9.17, 15) is 21.6 Å². The molecule has 0 aromatic heterocycles. The van der Waals surface area contributed by atoms with E-state index >= 15 is 0 Å². The molecule has 19 heavy (non-hydrogen) atoms. The zero-order valence-corrected chi connectivity index (χ0v) is 11.7. The summed E-state index contributed by atoms with van der Waals surface area (Å²) in [6.07, 6.45) is 0.964. The maximum absolute atomic E-state index is 12.4.